The first-order valence-electron chi connectivity index (χ1n) is 10.2. The molecule has 1 atom stereocenters. The van der Waals surface area contributed by atoms with Crippen LogP contribution >= 0.6 is 11.3 Å². The zero-order valence-electron chi connectivity index (χ0n) is 18.6. The fourth-order valence-corrected chi connectivity index (χ4v) is 4.00. The van der Waals surface area contributed by atoms with Crippen molar-refractivity contribution in [3.63, 3.8) is 0 Å². The van der Waals surface area contributed by atoms with Gasteiger partial charge >= 0.3 is 6.09 Å². The number of carbonyl (C=O) groups is 2. The molecular formula is C23H28N4O4S. The minimum absolute atomic E-state index is 0.0337. The summed E-state index contributed by atoms with van der Waals surface area (Å²) in [6, 6.07) is 12.4. The van der Waals surface area contributed by atoms with E-state index in [1.165, 1.54) is 11.3 Å². The van der Waals surface area contributed by atoms with Crippen molar-refractivity contribution in [3.8, 4) is 11.3 Å². The summed E-state index contributed by atoms with van der Waals surface area (Å²) in [5.74, 6) is -0.532. The molecule has 0 saturated heterocycles. The van der Waals surface area contributed by atoms with Crippen molar-refractivity contribution in [3.05, 3.63) is 64.5 Å². The zero-order valence-corrected chi connectivity index (χ0v) is 19.4. The topological polar surface area (TPSA) is 96.7 Å². The predicted octanol–water partition coefficient (Wildman–Crippen LogP) is 4.12. The van der Waals surface area contributed by atoms with Gasteiger partial charge in [0.05, 0.1) is 16.6 Å². The van der Waals surface area contributed by atoms with E-state index in [0.717, 1.165) is 16.8 Å². The second-order valence-electron chi connectivity index (χ2n) is 8.42. The average Bonchev–Trinajstić information content (AvgIpc) is 3.38. The molecule has 1 aromatic carbocycles. The lowest BCUT2D eigenvalue weighted by molar-refractivity contribution is -0.0874. The Morgan fingerprint density at radius 2 is 1.97 bits per heavy atom. The van der Waals surface area contributed by atoms with Gasteiger partial charge in [-0.05, 0) is 44.9 Å². The van der Waals surface area contributed by atoms with E-state index >= 15 is 0 Å². The number of aryl methyl sites for hydroxylation is 1. The summed E-state index contributed by atoms with van der Waals surface area (Å²) in [5, 5.41) is 20.2. The van der Waals surface area contributed by atoms with E-state index in [1.54, 1.807) is 37.7 Å². The Balaban J connectivity index is 1.75. The second-order valence-corrected chi connectivity index (χ2v) is 9.33. The van der Waals surface area contributed by atoms with Crippen LogP contribution < -0.4 is 5.32 Å². The van der Waals surface area contributed by atoms with Gasteiger partial charge in [-0.25, -0.2) is 9.86 Å². The van der Waals surface area contributed by atoms with Gasteiger partial charge in [0.25, 0.3) is 5.91 Å². The van der Waals surface area contributed by atoms with E-state index in [2.05, 4.69) is 10.4 Å². The maximum absolute atomic E-state index is 13.0. The number of aromatic nitrogens is 2. The van der Waals surface area contributed by atoms with E-state index in [-0.39, 0.29) is 6.54 Å². The average molecular weight is 457 g/mol. The van der Waals surface area contributed by atoms with Crippen molar-refractivity contribution >= 4 is 23.3 Å². The standard InChI is InChI=1S/C23H28N4O4S/c1-23(2,3)31-22(29)24-14-18(12-16-8-6-5-7-9-16)27(30)21(28)20-13-17(15-32-20)19-10-11-25-26(19)4/h5-11,13,15,18,30H,12,14H2,1-4H3,(H,24,29). The Labute approximate surface area is 191 Å². The van der Waals surface area contributed by atoms with E-state index in [9.17, 15) is 14.8 Å². The Bertz CT molecular complexity index is 1060. The van der Waals surface area contributed by atoms with Gasteiger partial charge in [-0.15, -0.1) is 11.3 Å². The lowest BCUT2D eigenvalue weighted by atomic mass is 10.1. The van der Waals surface area contributed by atoms with Crippen LogP contribution in [-0.2, 0) is 18.2 Å². The van der Waals surface area contributed by atoms with Crippen LogP contribution in [0.15, 0.2) is 54.0 Å². The van der Waals surface area contributed by atoms with Gasteiger partial charge in [0.2, 0.25) is 0 Å². The molecule has 8 nitrogen and oxygen atoms in total. The number of nitrogens with zero attached hydrogens (tertiary/aromatic N) is 3. The highest BCUT2D eigenvalue weighted by molar-refractivity contribution is 7.12. The number of amides is 2. The molecule has 9 heteroatoms. The number of carbonyl (C=O) groups excluding carboxylic acids is 2. The van der Waals surface area contributed by atoms with Gasteiger partial charge in [-0.2, -0.15) is 5.10 Å². The van der Waals surface area contributed by atoms with Crippen molar-refractivity contribution in [1.29, 1.82) is 0 Å². The summed E-state index contributed by atoms with van der Waals surface area (Å²) in [7, 11) is 1.82. The third-order valence-corrected chi connectivity index (χ3v) is 5.59. The smallest absolute Gasteiger partial charge is 0.407 e. The number of hydroxylamine groups is 2. The summed E-state index contributed by atoms with van der Waals surface area (Å²) in [4.78, 5) is 25.5. The van der Waals surface area contributed by atoms with E-state index in [4.69, 9.17) is 4.74 Å². The fourth-order valence-electron chi connectivity index (χ4n) is 3.17. The van der Waals surface area contributed by atoms with Crippen LogP contribution in [0.1, 0.15) is 36.0 Å². The van der Waals surface area contributed by atoms with Gasteiger partial charge in [-0.1, -0.05) is 30.3 Å². The Morgan fingerprint density at radius 3 is 2.59 bits per heavy atom. The van der Waals surface area contributed by atoms with Crippen molar-refractivity contribution in [2.75, 3.05) is 6.54 Å². The number of hydrogen-bond acceptors (Lipinski definition) is 6. The summed E-state index contributed by atoms with van der Waals surface area (Å²) in [6.07, 6.45) is 1.44. The van der Waals surface area contributed by atoms with Crippen molar-refractivity contribution in [2.45, 2.75) is 38.8 Å². The second kappa shape index (κ2) is 9.97. The molecule has 0 radical (unpaired) electrons. The normalized spacial score (nSPS) is 12.3. The Morgan fingerprint density at radius 1 is 1.25 bits per heavy atom. The van der Waals surface area contributed by atoms with Crippen molar-refractivity contribution < 1.29 is 19.5 Å². The highest BCUT2D eigenvalue weighted by atomic mass is 32.1. The van der Waals surface area contributed by atoms with Crippen LogP contribution in [0.25, 0.3) is 11.3 Å². The predicted molar refractivity (Wildman–Crippen MR) is 123 cm³/mol. The highest BCUT2D eigenvalue weighted by Crippen LogP contribution is 2.26. The molecule has 170 valence electrons. The summed E-state index contributed by atoms with van der Waals surface area (Å²) >= 11 is 1.24. The fraction of sp³-hybridized carbons (Fsp3) is 0.348. The minimum atomic E-state index is -0.681. The molecule has 2 heterocycles. The SMILES string of the molecule is Cn1nccc1-c1csc(C(=O)N(O)C(CNC(=O)OC(C)(C)C)Cc2ccccc2)c1. The first kappa shape index (κ1) is 23.5. The molecule has 2 N–H and O–H groups in total. The molecular weight excluding hydrogens is 428 g/mol. The van der Waals surface area contributed by atoms with Gasteiger partial charge in [0.1, 0.15) is 5.60 Å². The van der Waals surface area contributed by atoms with E-state index in [0.29, 0.717) is 16.4 Å². The van der Waals surface area contributed by atoms with E-state index < -0.39 is 23.6 Å². The number of rotatable bonds is 7. The summed E-state index contributed by atoms with van der Waals surface area (Å²) in [6.45, 7) is 5.34. The number of hydrogen-bond donors (Lipinski definition) is 2. The van der Waals surface area contributed by atoms with Crippen molar-refractivity contribution in [2.24, 2.45) is 7.05 Å². The molecule has 0 fully saturated rings. The molecule has 32 heavy (non-hydrogen) atoms. The van der Waals surface area contributed by atoms with Crippen LogP contribution in [-0.4, -0.2) is 50.2 Å². The zero-order chi connectivity index (χ0) is 23.3. The van der Waals surface area contributed by atoms with Crippen LogP contribution in [0.2, 0.25) is 0 Å². The van der Waals surface area contributed by atoms with Crippen molar-refractivity contribution in [1.82, 2.24) is 20.2 Å². The minimum Gasteiger partial charge on any atom is -0.444 e. The number of nitrogens with one attached hydrogen (secondary N) is 1. The first-order chi connectivity index (χ1) is 15.1. The molecule has 0 aliphatic heterocycles. The quantitative estimate of drug-likeness (QED) is 0.412. The molecule has 3 aromatic rings. The van der Waals surface area contributed by atoms with Crippen LogP contribution in [0, 0.1) is 0 Å². The maximum Gasteiger partial charge on any atom is 0.407 e. The van der Waals surface area contributed by atoms with Gasteiger partial charge < -0.3 is 10.1 Å². The summed E-state index contributed by atoms with van der Waals surface area (Å²) < 4.78 is 7.00. The molecule has 3 rings (SSSR count). The number of thiophene rings is 1. The van der Waals surface area contributed by atoms with Gasteiger partial charge in [0.15, 0.2) is 0 Å². The molecule has 0 aliphatic rings. The first-order valence-corrected chi connectivity index (χ1v) is 11.1. The molecule has 0 spiro atoms. The number of benzene rings is 1. The van der Waals surface area contributed by atoms with Crippen LogP contribution in [0.4, 0.5) is 4.79 Å². The maximum atomic E-state index is 13.0. The molecule has 0 aliphatic carbocycles. The lowest BCUT2D eigenvalue weighted by Gasteiger charge is -2.27. The largest absolute Gasteiger partial charge is 0.444 e. The molecule has 0 bridgehead atoms. The Kier molecular flexibility index (Phi) is 7.32. The van der Waals surface area contributed by atoms with Crippen LogP contribution in [0.5, 0.6) is 0 Å². The summed E-state index contributed by atoms with van der Waals surface area (Å²) in [5.41, 5.74) is 2.00. The van der Waals surface area contributed by atoms with Crippen LogP contribution in [0.3, 0.4) is 0 Å². The molecule has 2 aromatic heterocycles. The third kappa shape index (κ3) is 6.18. The lowest BCUT2D eigenvalue weighted by Crippen LogP contribution is -2.47. The highest BCUT2D eigenvalue weighted by Gasteiger charge is 2.27. The van der Waals surface area contributed by atoms with Gasteiger partial charge in [-0.3, -0.25) is 14.7 Å². The molecule has 1 unspecified atom stereocenters. The molecule has 0 saturated carbocycles. The monoisotopic (exact) mass is 456 g/mol. The number of ether oxygens (including phenoxy) is 1. The third-order valence-electron chi connectivity index (χ3n) is 4.68. The Hall–Kier alpha value is -3.17. The van der Waals surface area contributed by atoms with Gasteiger partial charge in [0, 0.05) is 30.7 Å². The molecule has 2 amide bonds. The number of alkyl carbamates (subject to hydrolysis) is 1. The van der Waals surface area contributed by atoms with E-state index in [1.807, 2.05) is 48.8 Å².